The van der Waals surface area contributed by atoms with Crippen molar-refractivity contribution in [1.82, 2.24) is 15.1 Å². The third-order valence-corrected chi connectivity index (χ3v) is 2.45. The fraction of sp³-hybridized carbons (Fsp3) is 0.500. The molecular weight excluding hydrogens is 222 g/mol. The molecule has 1 aromatic heterocycles. The lowest BCUT2D eigenvalue weighted by molar-refractivity contribution is 0.0950. The molecule has 1 aromatic rings. The number of aryl methyl sites for hydroxylation is 2. The quantitative estimate of drug-likeness (QED) is 0.294. The van der Waals surface area contributed by atoms with Crippen LogP contribution in [0.2, 0.25) is 0 Å². The zero-order valence-electron chi connectivity index (χ0n) is 10.1. The predicted molar refractivity (Wildman–Crippen MR) is 62.9 cm³/mol. The van der Waals surface area contributed by atoms with E-state index >= 15 is 0 Å². The minimum Gasteiger partial charge on any atom is -0.409 e. The van der Waals surface area contributed by atoms with Gasteiger partial charge in [-0.05, 0) is 6.92 Å². The molecule has 0 aromatic carbocycles. The van der Waals surface area contributed by atoms with Gasteiger partial charge in [0, 0.05) is 25.7 Å². The molecule has 17 heavy (non-hydrogen) atoms. The van der Waals surface area contributed by atoms with Crippen LogP contribution in [0.3, 0.4) is 0 Å². The Morgan fingerprint density at radius 2 is 2.41 bits per heavy atom. The monoisotopic (exact) mass is 239 g/mol. The number of amides is 1. The van der Waals surface area contributed by atoms with E-state index in [0.717, 1.165) is 0 Å². The van der Waals surface area contributed by atoms with Gasteiger partial charge >= 0.3 is 0 Å². The second kappa shape index (κ2) is 5.33. The van der Waals surface area contributed by atoms with Gasteiger partial charge in [0.1, 0.15) is 5.84 Å². The topological polar surface area (TPSA) is 106 Å². The highest BCUT2D eigenvalue weighted by Gasteiger charge is 2.14. The number of aromatic nitrogens is 2. The standard InChI is InChI=1S/C10H17N5O2/c1-6(9(11)14-17)4-12-10(16)8-5-15(3)13-7(8)2/h5-6,17H,4H2,1-3H3,(H2,11,14)(H,12,16). The molecule has 0 fully saturated rings. The van der Waals surface area contributed by atoms with Crippen molar-refractivity contribution in [2.45, 2.75) is 13.8 Å². The molecule has 94 valence electrons. The maximum Gasteiger partial charge on any atom is 0.254 e. The van der Waals surface area contributed by atoms with Gasteiger partial charge in [-0.15, -0.1) is 0 Å². The van der Waals surface area contributed by atoms with Gasteiger partial charge in [-0.3, -0.25) is 9.48 Å². The van der Waals surface area contributed by atoms with Crippen molar-refractivity contribution in [1.29, 1.82) is 0 Å². The van der Waals surface area contributed by atoms with E-state index < -0.39 is 0 Å². The van der Waals surface area contributed by atoms with Crippen LogP contribution < -0.4 is 11.1 Å². The molecule has 1 rings (SSSR count). The average Bonchev–Trinajstić information content (AvgIpc) is 2.63. The van der Waals surface area contributed by atoms with Crippen LogP contribution in [0.5, 0.6) is 0 Å². The summed E-state index contributed by atoms with van der Waals surface area (Å²) in [5, 5.41) is 18.1. The maximum absolute atomic E-state index is 11.8. The third-order valence-electron chi connectivity index (χ3n) is 2.45. The number of hydrogen-bond acceptors (Lipinski definition) is 4. The van der Waals surface area contributed by atoms with E-state index in [1.165, 1.54) is 0 Å². The number of rotatable bonds is 4. The summed E-state index contributed by atoms with van der Waals surface area (Å²) < 4.78 is 1.58. The van der Waals surface area contributed by atoms with E-state index in [9.17, 15) is 4.79 Å². The smallest absolute Gasteiger partial charge is 0.254 e. The van der Waals surface area contributed by atoms with E-state index in [4.69, 9.17) is 10.9 Å². The molecule has 0 radical (unpaired) electrons. The maximum atomic E-state index is 11.8. The van der Waals surface area contributed by atoms with Crippen LogP contribution in [-0.2, 0) is 7.05 Å². The highest BCUT2D eigenvalue weighted by Crippen LogP contribution is 2.04. The van der Waals surface area contributed by atoms with E-state index in [0.29, 0.717) is 17.8 Å². The molecule has 0 aliphatic rings. The zero-order chi connectivity index (χ0) is 13.0. The predicted octanol–water partition coefficient (Wildman–Crippen LogP) is -0.159. The Morgan fingerprint density at radius 1 is 1.76 bits per heavy atom. The highest BCUT2D eigenvalue weighted by molar-refractivity contribution is 5.95. The van der Waals surface area contributed by atoms with Crippen molar-refractivity contribution in [3.63, 3.8) is 0 Å². The number of amidine groups is 1. The molecule has 0 aliphatic heterocycles. The molecule has 0 bridgehead atoms. The van der Waals surface area contributed by atoms with E-state index in [-0.39, 0.29) is 17.7 Å². The largest absolute Gasteiger partial charge is 0.409 e. The lowest BCUT2D eigenvalue weighted by atomic mass is 10.1. The van der Waals surface area contributed by atoms with Crippen molar-refractivity contribution < 1.29 is 10.0 Å². The Morgan fingerprint density at radius 3 is 2.88 bits per heavy atom. The fourth-order valence-corrected chi connectivity index (χ4v) is 1.37. The SMILES string of the molecule is Cc1nn(C)cc1C(=O)NCC(C)C(N)=NO. The van der Waals surface area contributed by atoms with Crippen molar-refractivity contribution in [3.8, 4) is 0 Å². The fourth-order valence-electron chi connectivity index (χ4n) is 1.37. The van der Waals surface area contributed by atoms with Crippen LogP contribution in [-0.4, -0.2) is 33.3 Å². The number of carbonyl (C=O) groups excluding carboxylic acids is 1. The molecule has 0 aliphatic carbocycles. The molecule has 0 spiro atoms. The van der Waals surface area contributed by atoms with Gasteiger partial charge in [0.2, 0.25) is 0 Å². The Labute approximate surface area is 99.3 Å². The molecule has 4 N–H and O–H groups in total. The lowest BCUT2D eigenvalue weighted by Crippen LogP contribution is -2.34. The van der Waals surface area contributed by atoms with Crippen LogP contribution in [0.4, 0.5) is 0 Å². The van der Waals surface area contributed by atoms with Crippen LogP contribution in [0.1, 0.15) is 23.0 Å². The van der Waals surface area contributed by atoms with E-state index in [1.807, 2.05) is 0 Å². The molecule has 7 nitrogen and oxygen atoms in total. The highest BCUT2D eigenvalue weighted by atomic mass is 16.4. The molecule has 0 saturated carbocycles. The Kier molecular flexibility index (Phi) is 4.08. The second-order valence-corrected chi connectivity index (χ2v) is 3.94. The summed E-state index contributed by atoms with van der Waals surface area (Å²) in [5.74, 6) is -0.345. The number of nitrogens with one attached hydrogen (secondary N) is 1. The summed E-state index contributed by atoms with van der Waals surface area (Å²) in [4.78, 5) is 11.8. The first kappa shape index (κ1) is 13.0. The van der Waals surface area contributed by atoms with Crippen LogP contribution in [0.15, 0.2) is 11.4 Å². The minimum atomic E-state index is -0.221. The summed E-state index contributed by atoms with van der Waals surface area (Å²) in [6.45, 7) is 3.83. The lowest BCUT2D eigenvalue weighted by Gasteiger charge is -2.10. The van der Waals surface area contributed by atoms with Crippen LogP contribution in [0, 0.1) is 12.8 Å². The summed E-state index contributed by atoms with van der Waals surface area (Å²) in [5.41, 5.74) is 6.60. The molecule has 1 unspecified atom stereocenters. The summed E-state index contributed by atoms with van der Waals surface area (Å²) in [7, 11) is 1.75. The summed E-state index contributed by atoms with van der Waals surface area (Å²) >= 11 is 0. The first-order valence-electron chi connectivity index (χ1n) is 5.21. The summed E-state index contributed by atoms with van der Waals surface area (Å²) in [6, 6.07) is 0. The van der Waals surface area contributed by atoms with E-state index in [1.54, 1.807) is 31.8 Å². The van der Waals surface area contributed by atoms with Gasteiger partial charge in [0.05, 0.1) is 11.3 Å². The first-order chi connectivity index (χ1) is 7.95. The van der Waals surface area contributed by atoms with Crippen molar-refractivity contribution >= 4 is 11.7 Å². The van der Waals surface area contributed by atoms with Gasteiger partial charge in [-0.2, -0.15) is 5.10 Å². The van der Waals surface area contributed by atoms with Crippen molar-refractivity contribution in [3.05, 3.63) is 17.5 Å². The average molecular weight is 239 g/mol. The van der Waals surface area contributed by atoms with Gasteiger partial charge in [-0.1, -0.05) is 12.1 Å². The molecular formula is C10H17N5O2. The molecule has 0 saturated heterocycles. The number of carbonyl (C=O) groups is 1. The molecule has 1 amide bonds. The number of nitrogens with two attached hydrogens (primary N) is 1. The molecule has 1 heterocycles. The number of hydrogen-bond donors (Lipinski definition) is 3. The molecule has 7 heteroatoms. The number of oxime groups is 1. The molecule has 1 atom stereocenters. The zero-order valence-corrected chi connectivity index (χ0v) is 10.1. The van der Waals surface area contributed by atoms with Crippen molar-refractivity contribution in [2.24, 2.45) is 23.9 Å². The van der Waals surface area contributed by atoms with E-state index in [2.05, 4.69) is 15.6 Å². The summed E-state index contributed by atoms with van der Waals surface area (Å²) in [6.07, 6.45) is 1.65. The Hall–Kier alpha value is -2.05. The first-order valence-corrected chi connectivity index (χ1v) is 5.21. The normalized spacial score (nSPS) is 13.5. The third kappa shape index (κ3) is 3.20. The Balaban J connectivity index is 2.59. The second-order valence-electron chi connectivity index (χ2n) is 3.94. The number of nitrogens with zero attached hydrogens (tertiary/aromatic N) is 3. The van der Waals surface area contributed by atoms with Crippen LogP contribution >= 0.6 is 0 Å². The van der Waals surface area contributed by atoms with Gasteiger partial charge in [-0.25, -0.2) is 0 Å². The van der Waals surface area contributed by atoms with Gasteiger partial charge < -0.3 is 16.3 Å². The van der Waals surface area contributed by atoms with Crippen LogP contribution in [0.25, 0.3) is 0 Å². The van der Waals surface area contributed by atoms with Gasteiger partial charge in [0.15, 0.2) is 0 Å². The van der Waals surface area contributed by atoms with Gasteiger partial charge in [0.25, 0.3) is 5.91 Å². The van der Waals surface area contributed by atoms with Crippen molar-refractivity contribution in [2.75, 3.05) is 6.54 Å². The minimum absolute atomic E-state index is 0.0909. The Bertz CT molecular complexity index is 438.